The first-order chi connectivity index (χ1) is 12.0. The maximum Gasteiger partial charge on any atom is 0.344 e. The number of nitrogens with one attached hydrogen (secondary N) is 1. The van der Waals surface area contributed by atoms with Gasteiger partial charge in [-0.1, -0.05) is 41.1 Å². The number of anilines is 1. The molecule has 0 radical (unpaired) electrons. The number of amides is 1. The Bertz CT molecular complexity index is 744. The van der Waals surface area contributed by atoms with Gasteiger partial charge in [-0.3, -0.25) is 4.79 Å². The second kappa shape index (κ2) is 9.22. The molecule has 0 unspecified atom stereocenters. The van der Waals surface area contributed by atoms with Crippen molar-refractivity contribution >= 4 is 33.5 Å². The minimum Gasteiger partial charge on any atom is -0.482 e. The fourth-order valence-electron chi connectivity index (χ4n) is 2.02. The zero-order valence-electron chi connectivity index (χ0n) is 14.2. The zero-order chi connectivity index (χ0) is 18.2. The van der Waals surface area contributed by atoms with Gasteiger partial charge in [0.15, 0.2) is 13.2 Å². The molecule has 1 amide bonds. The summed E-state index contributed by atoms with van der Waals surface area (Å²) in [7, 11) is 0. The van der Waals surface area contributed by atoms with Crippen LogP contribution in [0.25, 0.3) is 0 Å². The van der Waals surface area contributed by atoms with E-state index in [1.807, 2.05) is 25.1 Å². The van der Waals surface area contributed by atoms with E-state index < -0.39 is 11.9 Å². The van der Waals surface area contributed by atoms with Crippen LogP contribution in [0.5, 0.6) is 5.75 Å². The first-order valence-corrected chi connectivity index (χ1v) is 8.70. The Kier molecular flexibility index (Phi) is 7.01. The highest BCUT2D eigenvalue weighted by Crippen LogP contribution is 2.20. The van der Waals surface area contributed by atoms with E-state index >= 15 is 0 Å². The lowest BCUT2D eigenvalue weighted by molar-refractivity contribution is -0.149. The molecule has 0 aliphatic carbocycles. The fourth-order valence-corrected chi connectivity index (χ4v) is 2.40. The lowest BCUT2D eigenvalue weighted by atomic mass is 10.2. The number of carbonyl (C=O) groups is 2. The Morgan fingerprint density at radius 2 is 1.80 bits per heavy atom. The number of rotatable bonds is 7. The van der Waals surface area contributed by atoms with Crippen LogP contribution in [0.1, 0.15) is 18.1 Å². The molecule has 6 heteroatoms. The van der Waals surface area contributed by atoms with Crippen LogP contribution in [0.4, 0.5) is 5.69 Å². The van der Waals surface area contributed by atoms with Crippen molar-refractivity contribution in [1.29, 1.82) is 0 Å². The third-order valence-electron chi connectivity index (χ3n) is 3.51. The summed E-state index contributed by atoms with van der Waals surface area (Å²) in [6.45, 7) is 3.41. The number of hydrogen-bond acceptors (Lipinski definition) is 4. The number of ether oxygens (including phenoxy) is 2. The fraction of sp³-hybridized carbons (Fsp3) is 0.263. The Labute approximate surface area is 155 Å². The van der Waals surface area contributed by atoms with Crippen LogP contribution >= 0.6 is 15.9 Å². The number of halogens is 1. The minimum atomic E-state index is -0.597. The third-order valence-corrected chi connectivity index (χ3v) is 4.36. The molecule has 0 fully saturated rings. The second-order valence-electron chi connectivity index (χ2n) is 5.46. The number of carbonyl (C=O) groups excluding carboxylic acids is 2. The molecule has 1 N–H and O–H groups in total. The van der Waals surface area contributed by atoms with Gasteiger partial charge in [-0.05, 0) is 48.7 Å². The maximum absolute atomic E-state index is 11.8. The summed E-state index contributed by atoms with van der Waals surface area (Å²) in [5.41, 5.74) is 2.88. The lowest BCUT2D eigenvalue weighted by Crippen LogP contribution is -2.23. The molecule has 0 spiro atoms. The summed E-state index contributed by atoms with van der Waals surface area (Å²) in [5.74, 6) is -0.417. The third kappa shape index (κ3) is 6.23. The number of aryl methyl sites for hydroxylation is 2. The molecule has 2 aromatic rings. The zero-order valence-corrected chi connectivity index (χ0v) is 15.8. The lowest BCUT2D eigenvalue weighted by Gasteiger charge is -2.09. The molecule has 0 aromatic heterocycles. The molecule has 0 heterocycles. The maximum atomic E-state index is 11.8. The number of benzene rings is 2. The summed E-state index contributed by atoms with van der Waals surface area (Å²) < 4.78 is 11.1. The van der Waals surface area contributed by atoms with Crippen molar-refractivity contribution in [1.82, 2.24) is 0 Å². The summed E-state index contributed by atoms with van der Waals surface area (Å²) in [5, 5.41) is 2.66. The second-order valence-corrected chi connectivity index (χ2v) is 6.31. The van der Waals surface area contributed by atoms with Crippen molar-refractivity contribution in [3.8, 4) is 5.75 Å². The Hall–Kier alpha value is -2.34. The van der Waals surface area contributed by atoms with Gasteiger partial charge >= 0.3 is 5.97 Å². The van der Waals surface area contributed by atoms with Gasteiger partial charge in [-0.2, -0.15) is 0 Å². The summed E-state index contributed by atoms with van der Waals surface area (Å²) in [6.07, 6.45) is 0.939. The van der Waals surface area contributed by atoms with E-state index in [-0.39, 0.29) is 13.2 Å². The van der Waals surface area contributed by atoms with Gasteiger partial charge in [0, 0.05) is 10.2 Å². The van der Waals surface area contributed by atoms with Crippen LogP contribution in [0.3, 0.4) is 0 Å². The van der Waals surface area contributed by atoms with E-state index in [1.165, 1.54) is 5.56 Å². The summed E-state index contributed by atoms with van der Waals surface area (Å²) in [6, 6.07) is 12.9. The quantitative estimate of drug-likeness (QED) is 0.709. The van der Waals surface area contributed by atoms with Crippen molar-refractivity contribution in [3.63, 3.8) is 0 Å². The Morgan fingerprint density at radius 3 is 2.44 bits per heavy atom. The van der Waals surface area contributed by atoms with E-state index in [4.69, 9.17) is 9.47 Å². The first kappa shape index (κ1) is 19.0. The molecule has 2 aromatic carbocycles. The predicted octanol–water partition coefficient (Wildman–Crippen LogP) is 3.88. The highest BCUT2D eigenvalue weighted by molar-refractivity contribution is 9.10. The van der Waals surface area contributed by atoms with Crippen LogP contribution in [0.15, 0.2) is 46.9 Å². The van der Waals surface area contributed by atoms with Crippen LogP contribution in [-0.4, -0.2) is 25.1 Å². The minimum absolute atomic E-state index is 0.241. The van der Waals surface area contributed by atoms with E-state index in [9.17, 15) is 9.59 Å². The van der Waals surface area contributed by atoms with Gasteiger partial charge in [-0.25, -0.2) is 4.79 Å². The Balaban J connectivity index is 1.73. The number of esters is 1. The van der Waals surface area contributed by atoms with Crippen molar-refractivity contribution in [2.24, 2.45) is 0 Å². The van der Waals surface area contributed by atoms with Crippen molar-refractivity contribution in [2.45, 2.75) is 20.3 Å². The van der Waals surface area contributed by atoms with E-state index in [0.29, 0.717) is 11.4 Å². The predicted molar refractivity (Wildman–Crippen MR) is 99.8 cm³/mol. The van der Waals surface area contributed by atoms with E-state index in [1.54, 1.807) is 24.3 Å². The molecule has 5 nitrogen and oxygen atoms in total. The van der Waals surface area contributed by atoms with Gasteiger partial charge in [0.05, 0.1) is 0 Å². The molecule has 132 valence electrons. The molecule has 0 bridgehead atoms. The molecule has 0 aliphatic rings. The van der Waals surface area contributed by atoms with Crippen LogP contribution < -0.4 is 10.1 Å². The largest absolute Gasteiger partial charge is 0.482 e. The SMILES string of the molecule is CCc1ccc(OCC(=O)OCC(=O)Nc2ccc(C)c(Br)c2)cc1. The topological polar surface area (TPSA) is 64.6 Å². The standard InChI is InChI=1S/C19H20BrNO4/c1-3-14-5-8-16(9-6-14)24-12-19(23)25-11-18(22)21-15-7-4-13(2)17(20)10-15/h4-10H,3,11-12H2,1-2H3,(H,21,22). The first-order valence-electron chi connectivity index (χ1n) is 7.91. The molecule has 0 atom stereocenters. The van der Waals surface area contributed by atoms with Crippen LogP contribution in [0.2, 0.25) is 0 Å². The van der Waals surface area contributed by atoms with Gasteiger partial charge < -0.3 is 14.8 Å². The van der Waals surface area contributed by atoms with Gasteiger partial charge in [0.25, 0.3) is 5.91 Å². The molecule has 0 aliphatic heterocycles. The smallest absolute Gasteiger partial charge is 0.344 e. The van der Waals surface area contributed by atoms with Crippen molar-refractivity contribution in [2.75, 3.05) is 18.5 Å². The van der Waals surface area contributed by atoms with Crippen molar-refractivity contribution < 1.29 is 19.1 Å². The average molecular weight is 406 g/mol. The summed E-state index contributed by atoms with van der Waals surface area (Å²) in [4.78, 5) is 23.5. The normalized spacial score (nSPS) is 10.2. The van der Waals surface area contributed by atoms with Crippen molar-refractivity contribution in [3.05, 3.63) is 58.1 Å². The van der Waals surface area contributed by atoms with Gasteiger partial charge in [-0.15, -0.1) is 0 Å². The van der Waals surface area contributed by atoms with Gasteiger partial charge in [0.2, 0.25) is 0 Å². The Morgan fingerprint density at radius 1 is 1.08 bits per heavy atom. The molecule has 0 saturated carbocycles. The summed E-state index contributed by atoms with van der Waals surface area (Å²) >= 11 is 3.40. The van der Waals surface area contributed by atoms with E-state index in [0.717, 1.165) is 16.5 Å². The molecular formula is C19H20BrNO4. The highest BCUT2D eigenvalue weighted by atomic mass is 79.9. The molecule has 0 saturated heterocycles. The molecular weight excluding hydrogens is 386 g/mol. The highest BCUT2D eigenvalue weighted by Gasteiger charge is 2.09. The van der Waals surface area contributed by atoms with E-state index in [2.05, 4.69) is 28.2 Å². The van der Waals surface area contributed by atoms with Gasteiger partial charge in [0.1, 0.15) is 5.75 Å². The number of hydrogen-bond donors (Lipinski definition) is 1. The molecule has 2 rings (SSSR count). The monoisotopic (exact) mass is 405 g/mol. The average Bonchev–Trinajstić information content (AvgIpc) is 2.61. The van der Waals surface area contributed by atoms with Crippen LogP contribution in [-0.2, 0) is 20.7 Å². The van der Waals surface area contributed by atoms with Crippen LogP contribution in [0, 0.1) is 6.92 Å². The molecule has 25 heavy (non-hydrogen) atoms.